The van der Waals surface area contributed by atoms with Crippen LogP contribution in [-0.2, 0) is 6.54 Å². The number of nitrogens with zero attached hydrogens (tertiary/aromatic N) is 2. The number of nitrogens with one attached hydrogen (secondary N) is 2. The molecular formula is C20H23ClN4O2. The Hall–Kier alpha value is -2.73. The van der Waals surface area contributed by atoms with Crippen molar-refractivity contribution in [2.75, 3.05) is 29.9 Å². The fourth-order valence-electron chi connectivity index (χ4n) is 3.13. The normalized spacial score (nSPS) is 14.2. The molecule has 4 amide bonds. The molecule has 27 heavy (non-hydrogen) atoms. The first kappa shape index (κ1) is 19.0. The number of halogens is 1. The molecule has 3 rings (SSSR count). The van der Waals surface area contributed by atoms with E-state index in [2.05, 4.69) is 10.6 Å². The lowest BCUT2D eigenvalue weighted by molar-refractivity contribution is 0.192. The number of hydrogen-bond donors (Lipinski definition) is 2. The van der Waals surface area contributed by atoms with Gasteiger partial charge in [-0.25, -0.2) is 9.59 Å². The molecule has 1 aliphatic rings. The van der Waals surface area contributed by atoms with Crippen LogP contribution in [0, 0.1) is 0 Å². The Morgan fingerprint density at radius 2 is 1.85 bits per heavy atom. The smallest absolute Gasteiger partial charge is 0.324 e. The molecule has 2 aromatic rings. The van der Waals surface area contributed by atoms with Crippen molar-refractivity contribution in [3.05, 3.63) is 59.1 Å². The standard InChI is InChI=1S/C20H23ClN4O2/c1-2-22-19(26)23-17-10-5-6-11-18(17)25-13-7-12-24(20(25)27)14-15-8-3-4-9-16(15)21/h3-6,8-11H,2,7,12-14H2,1H3,(H2,22,23,26). The molecule has 1 heterocycles. The summed E-state index contributed by atoms with van der Waals surface area (Å²) in [6.45, 7) is 4.12. The molecule has 2 aromatic carbocycles. The molecule has 6 nitrogen and oxygen atoms in total. The molecule has 7 heteroatoms. The van der Waals surface area contributed by atoms with Crippen molar-refractivity contribution in [3.8, 4) is 0 Å². The Balaban J connectivity index is 1.80. The van der Waals surface area contributed by atoms with Crippen LogP contribution in [-0.4, -0.2) is 36.6 Å². The van der Waals surface area contributed by atoms with Gasteiger partial charge in [0.2, 0.25) is 0 Å². The molecule has 2 N–H and O–H groups in total. The predicted molar refractivity (Wildman–Crippen MR) is 108 cm³/mol. The van der Waals surface area contributed by atoms with E-state index in [0.29, 0.717) is 42.6 Å². The Bertz CT molecular complexity index is 827. The van der Waals surface area contributed by atoms with Gasteiger partial charge in [0.15, 0.2) is 0 Å². The highest BCUT2D eigenvalue weighted by Crippen LogP contribution is 2.29. The first-order valence-corrected chi connectivity index (χ1v) is 9.41. The van der Waals surface area contributed by atoms with Gasteiger partial charge in [-0.2, -0.15) is 0 Å². The average molecular weight is 387 g/mol. The third-order valence-corrected chi connectivity index (χ3v) is 4.78. The van der Waals surface area contributed by atoms with Crippen molar-refractivity contribution in [3.63, 3.8) is 0 Å². The van der Waals surface area contributed by atoms with Crippen molar-refractivity contribution in [1.29, 1.82) is 0 Å². The van der Waals surface area contributed by atoms with Crippen LogP contribution in [0.2, 0.25) is 5.02 Å². The van der Waals surface area contributed by atoms with Crippen molar-refractivity contribution in [2.24, 2.45) is 0 Å². The van der Waals surface area contributed by atoms with Gasteiger partial charge in [-0.3, -0.25) is 4.90 Å². The summed E-state index contributed by atoms with van der Waals surface area (Å²) in [5.74, 6) is 0. The first-order chi connectivity index (χ1) is 13.1. The highest BCUT2D eigenvalue weighted by atomic mass is 35.5. The van der Waals surface area contributed by atoms with E-state index in [1.807, 2.05) is 49.4 Å². The highest BCUT2D eigenvalue weighted by molar-refractivity contribution is 6.31. The minimum Gasteiger partial charge on any atom is -0.338 e. The number of amides is 4. The third-order valence-electron chi connectivity index (χ3n) is 4.41. The molecule has 0 atom stereocenters. The van der Waals surface area contributed by atoms with Gasteiger partial charge in [0.1, 0.15) is 0 Å². The fourth-order valence-corrected chi connectivity index (χ4v) is 3.32. The van der Waals surface area contributed by atoms with Gasteiger partial charge in [-0.15, -0.1) is 0 Å². The second-order valence-electron chi connectivity index (χ2n) is 6.30. The summed E-state index contributed by atoms with van der Waals surface area (Å²) < 4.78 is 0. The molecule has 0 aliphatic carbocycles. The van der Waals surface area contributed by atoms with Crippen LogP contribution in [0.4, 0.5) is 21.0 Å². The summed E-state index contributed by atoms with van der Waals surface area (Å²) >= 11 is 6.25. The van der Waals surface area contributed by atoms with Crippen LogP contribution in [0.1, 0.15) is 18.9 Å². The minimum absolute atomic E-state index is 0.0914. The van der Waals surface area contributed by atoms with Crippen LogP contribution < -0.4 is 15.5 Å². The van der Waals surface area contributed by atoms with Gasteiger partial charge in [-0.1, -0.05) is 41.9 Å². The van der Waals surface area contributed by atoms with Gasteiger partial charge in [-0.05, 0) is 37.1 Å². The van der Waals surface area contributed by atoms with Crippen molar-refractivity contribution in [2.45, 2.75) is 19.9 Å². The summed E-state index contributed by atoms with van der Waals surface area (Å²) in [5, 5.41) is 6.18. The fraction of sp³-hybridized carbons (Fsp3) is 0.300. The zero-order chi connectivity index (χ0) is 19.2. The first-order valence-electron chi connectivity index (χ1n) is 9.04. The van der Waals surface area contributed by atoms with Crippen LogP contribution in [0.25, 0.3) is 0 Å². The molecule has 0 spiro atoms. The summed E-state index contributed by atoms with van der Waals surface area (Å²) in [7, 11) is 0. The van der Waals surface area contributed by atoms with Crippen LogP contribution in [0.15, 0.2) is 48.5 Å². The van der Waals surface area contributed by atoms with Crippen LogP contribution >= 0.6 is 11.6 Å². The molecule has 1 fully saturated rings. The Kier molecular flexibility index (Phi) is 6.19. The summed E-state index contributed by atoms with van der Waals surface area (Å²) in [6.07, 6.45) is 0.839. The number of hydrogen-bond acceptors (Lipinski definition) is 2. The van der Waals surface area contributed by atoms with E-state index in [9.17, 15) is 9.59 Å². The number of anilines is 2. The predicted octanol–water partition coefficient (Wildman–Crippen LogP) is 4.31. The quantitative estimate of drug-likeness (QED) is 0.804. The number of benzene rings is 2. The third kappa shape index (κ3) is 4.52. The maximum Gasteiger partial charge on any atom is 0.324 e. The molecule has 0 aromatic heterocycles. The maximum atomic E-state index is 13.1. The molecular weight excluding hydrogens is 364 g/mol. The van der Waals surface area contributed by atoms with Gasteiger partial charge >= 0.3 is 12.1 Å². The van der Waals surface area contributed by atoms with Gasteiger partial charge in [0, 0.05) is 31.2 Å². The molecule has 0 bridgehead atoms. The Labute approximate surface area is 164 Å². The van der Waals surface area contributed by atoms with E-state index in [1.54, 1.807) is 15.9 Å². The molecule has 1 saturated heterocycles. The Morgan fingerprint density at radius 3 is 2.63 bits per heavy atom. The lowest BCUT2D eigenvalue weighted by Gasteiger charge is -2.36. The zero-order valence-corrected chi connectivity index (χ0v) is 16.0. The largest absolute Gasteiger partial charge is 0.338 e. The number of urea groups is 2. The number of rotatable bonds is 5. The Morgan fingerprint density at radius 1 is 1.11 bits per heavy atom. The number of carbonyl (C=O) groups is 2. The van der Waals surface area contributed by atoms with E-state index < -0.39 is 0 Å². The molecule has 1 aliphatic heterocycles. The maximum absolute atomic E-state index is 13.1. The summed E-state index contributed by atoms with van der Waals surface area (Å²) in [6, 6.07) is 14.5. The topological polar surface area (TPSA) is 64.7 Å². The second kappa shape index (κ2) is 8.77. The highest BCUT2D eigenvalue weighted by Gasteiger charge is 2.28. The van der Waals surface area contributed by atoms with E-state index in [-0.39, 0.29) is 12.1 Å². The summed E-state index contributed by atoms with van der Waals surface area (Å²) in [4.78, 5) is 28.5. The lowest BCUT2D eigenvalue weighted by Crippen LogP contribution is -2.49. The SMILES string of the molecule is CCNC(=O)Nc1ccccc1N1CCCN(Cc2ccccc2Cl)C1=O. The van der Waals surface area contributed by atoms with Crippen molar-refractivity contribution < 1.29 is 9.59 Å². The number of carbonyl (C=O) groups excluding carboxylic acids is 2. The van der Waals surface area contributed by atoms with E-state index >= 15 is 0 Å². The van der Waals surface area contributed by atoms with E-state index in [1.165, 1.54) is 0 Å². The monoisotopic (exact) mass is 386 g/mol. The van der Waals surface area contributed by atoms with Gasteiger partial charge < -0.3 is 15.5 Å². The molecule has 0 radical (unpaired) electrons. The molecule has 0 saturated carbocycles. The second-order valence-corrected chi connectivity index (χ2v) is 6.71. The minimum atomic E-state index is -0.290. The summed E-state index contributed by atoms with van der Waals surface area (Å²) in [5.41, 5.74) is 2.22. The average Bonchev–Trinajstić information content (AvgIpc) is 2.66. The van der Waals surface area contributed by atoms with E-state index in [4.69, 9.17) is 11.6 Å². The number of para-hydroxylation sites is 2. The van der Waals surface area contributed by atoms with Crippen LogP contribution in [0.3, 0.4) is 0 Å². The van der Waals surface area contributed by atoms with Gasteiger partial charge in [0.25, 0.3) is 0 Å². The lowest BCUT2D eigenvalue weighted by atomic mass is 10.1. The van der Waals surface area contributed by atoms with Crippen LogP contribution in [0.5, 0.6) is 0 Å². The molecule has 142 valence electrons. The van der Waals surface area contributed by atoms with Crippen molar-refractivity contribution in [1.82, 2.24) is 10.2 Å². The van der Waals surface area contributed by atoms with Crippen molar-refractivity contribution >= 4 is 35.0 Å². The molecule has 0 unspecified atom stereocenters. The van der Waals surface area contributed by atoms with Gasteiger partial charge in [0.05, 0.1) is 11.4 Å². The van der Waals surface area contributed by atoms with E-state index in [0.717, 1.165) is 12.0 Å². The zero-order valence-electron chi connectivity index (χ0n) is 15.2.